The van der Waals surface area contributed by atoms with Gasteiger partial charge in [-0.25, -0.2) is 0 Å². The van der Waals surface area contributed by atoms with E-state index >= 15 is 0 Å². The van der Waals surface area contributed by atoms with Crippen LogP contribution in [0.25, 0.3) is 0 Å². The SMILES string of the molecule is CN(Cc1ccsc1)Cc1cc(Cl)ccn1. The number of hydrogen-bond acceptors (Lipinski definition) is 3. The lowest BCUT2D eigenvalue weighted by molar-refractivity contribution is 0.315. The lowest BCUT2D eigenvalue weighted by atomic mass is 10.3. The Morgan fingerprint density at radius 1 is 1.38 bits per heavy atom. The van der Waals surface area contributed by atoms with Crippen molar-refractivity contribution in [3.8, 4) is 0 Å². The molecule has 0 radical (unpaired) electrons. The van der Waals surface area contributed by atoms with Gasteiger partial charge in [-0.2, -0.15) is 11.3 Å². The summed E-state index contributed by atoms with van der Waals surface area (Å²) in [6.07, 6.45) is 1.75. The molecule has 2 aromatic heterocycles. The molecule has 2 aromatic rings. The summed E-state index contributed by atoms with van der Waals surface area (Å²) >= 11 is 7.64. The van der Waals surface area contributed by atoms with Crippen LogP contribution in [-0.4, -0.2) is 16.9 Å². The second-order valence-electron chi connectivity index (χ2n) is 3.77. The van der Waals surface area contributed by atoms with Crippen LogP contribution in [0.2, 0.25) is 5.02 Å². The van der Waals surface area contributed by atoms with Gasteiger partial charge in [0.05, 0.1) is 5.69 Å². The molecule has 0 saturated heterocycles. The standard InChI is InChI=1S/C12H13ClN2S/c1-15(7-10-3-5-16-9-10)8-12-6-11(13)2-4-14-12/h2-6,9H,7-8H2,1H3. The van der Waals surface area contributed by atoms with Gasteiger partial charge in [0.25, 0.3) is 0 Å². The Bertz CT molecular complexity index is 442. The van der Waals surface area contributed by atoms with Crippen LogP contribution < -0.4 is 0 Å². The summed E-state index contributed by atoms with van der Waals surface area (Å²) in [5, 5.41) is 5.01. The summed E-state index contributed by atoms with van der Waals surface area (Å²) in [5.41, 5.74) is 2.35. The minimum atomic E-state index is 0.744. The number of nitrogens with zero attached hydrogens (tertiary/aromatic N) is 2. The van der Waals surface area contributed by atoms with Gasteiger partial charge in [0.1, 0.15) is 0 Å². The van der Waals surface area contributed by atoms with E-state index < -0.39 is 0 Å². The fourth-order valence-corrected chi connectivity index (χ4v) is 2.40. The van der Waals surface area contributed by atoms with Crippen LogP contribution in [-0.2, 0) is 13.1 Å². The van der Waals surface area contributed by atoms with Gasteiger partial charge in [0.15, 0.2) is 0 Å². The van der Waals surface area contributed by atoms with E-state index in [0.29, 0.717) is 0 Å². The highest BCUT2D eigenvalue weighted by molar-refractivity contribution is 7.07. The van der Waals surface area contributed by atoms with E-state index in [1.165, 1.54) is 5.56 Å². The zero-order chi connectivity index (χ0) is 11.4. The third kappa shape index (κ3) is 3.30. The molecule has 0 aromatic carbocycles. The molecule has 0 aliphatic heterocycles. The summed E-state index contributed by atoms with van der Waals surface area (Å²) in [7, 11) is 2.08. The van der Waals surface area contributed by atoms with E-state index in [1.54, 1.807) is 23.6 Å². The fourth-order valence-electron chi connectivity index (χ4n) is 1.56. The molecule has 0 atom stereocenters. The van der Waals surface area contributed by atoms with Crippen molar-refractivity contribution in [3.63, 3.8) is 0 Å². The largest absolute Gasteiger partial charge is 0.296 e. The maximum absolute atomic E-state index is 5.91. The molecule has 0 N–H and O–H groups in total. The van der Waals surface area contributed by atoms with Crippen molar-refractivity contribution in [3.05, 3.63) is 51.4 Å². The fraction of sp³-hybridized carbons (Fsp3) is 0.250. The van der Waals surface area contributed by atoms with Crippen molar-refractivity contribution >= 4 is 22.9 Å². The number of rotatable bonds is 4. The number of pyridine rings is 1. The van der Waals surface area contributed by atoms with E-state index in [2.05, 4.69) is 33.8 Å². The van der Waals surface area contributed by atoms with Gasteiger partial charge in [-0.05, 0) is 41.6 Å². The van der Waals surface area contributed by atoms with Crippen molar-refractivity contribution in [2.24, 2.45) is 0 Å². The Morgan fingerprint density at radius 3 is 2.94 bits per heavy atom. The van der Waals surface area contributed by atoms with Crippen molar-refractivity contribution in [2.75, 3.05) is 7.05 Å². The second-order valence-corrected chi connectivity index (χ2v) is 4.99. The van der Waals surface area contributed by atoms with Gasteiger partial charge in [0, 0.05) is 24.3 Å². The van der Waals surface area contributed by atoms with Gasteiger partial charge >= 0.3 is 0 Å². The summed E-state index contributed by atoms with van der Waals surface area (Å²) in [6, 6.07) is 5.85. The van der Waals surface area contributed by atoms with Crippen LogP contribution in [0.4, 0.5) is 0 Å². The predicted octanol–water partition coefficient (Wildman–Crippen LogP) is 3.43. The van der Waals surface area contributed by atoms with Gasteiger partial charge < -0.3 is 0 Å². The number of halogens is 1. The molecule has 2 rings (SSSR count). The Morgan fingerprint density at radius 2 is 2.25 bits per heavy atom. The lowest BCUT2D eigenvalue weighted by Gasteiger charge is -2.15. The summed E-state index contributed by atoms with van der Waals surface area (Å²) < 4.78 is 0. The first-order valence-corrected chi connectivity index (χ1v) is 6.36. The van der Waals surface area contributed by atoms with Gasteiger partial charge in [-0.15, -0.1) is 0 Å². The zero-order valence-electron chi connectivity index (χ0n) is 9.06. The average Bonchev–Trinajstić information content (AvgIpc) is 2.70. The predicted molar refractivity (Wildman–Crippen MR) is 68.7 cm³/mol. The van der Waals surface area contributed by atoms with Crippen LogP contribution in [0, 0.1) is 0 Å². The smallest absolute Gasteiger partial charge is 0.0558 e. The number of hydrogen-bond donors (Lipinski definition) is 0. The first-order valence-electron chi connectivity index (χ1n) is 5.04. The molecule has 0 fully saturated rings. The molecule has 0 aliphatic rings. The summed E-state index contributed by atoms with van der Waals surface area (Å²) in [5.74, 6) is 0. The van der Waals surface area contributed by atoms with Crippen LogP contribution in [0.5, 0.6) is 0 Å². The molecule has 2 nitrogen and oxygen atoms in total. The zero-order valence-corrected chi connectivity index (χ0v) is 10.6. The summed E-state index contributed by atoms with van der Waals surface area (Å²) in [4.78, 5) is 6.51. The second kappa shape index (κ2) is 5.43. The Labute approximate surface area is 105 Å². The average molecular weight is 253 g/mol. The molecule has 0 amide bonds. The highest BCUT2D eigenvalue weighted by Gasteiger charge is 2.03. The molecule has 0 spiro atoms. The van der Waals surface area contributed by atoms with Gasteiger partial charge in [-0.3, -0.25) is 9.88 Å². The maximum Gasteiger partial charge on any atom is 0.0558 e. The number of aromatic nitrogens is 1. The molecular weight excluding hydrogens is 240 g/mol. The maximum atomic E-state index is 5.91. The lowest BCUT2D eigenvalue weighted by Crippen LogP contribution is -2.17. The quantitative estimate of drug-likeness (QED) is 0.829. The number of thiophene rings is 1. The van der Waals surface area contributed by atoms with Gasteiger partial charge in [-0.1, -0.05) is 11.6 Å². The third-order valence-electron chi connectivity index (χ3n) is 2.24. The Hall–Kier alpha value is -0.900. The van der Waals surface area contributed by atoms with Crippen molar-refractivity contribution in [1.29, 1.82) is 0 Å². The molecule has 0 unspecified atom stereocenters. The first kappa shape index (κ1) is 11.6. The van der Waals surface area contributed by atoms with E-state index in [-0.39, 0.29) is 0 Å². The molecule has 0 bridgehead atoms. The molecule has 16 heavy (non-hydrogen) atoms. The minimum Gasteiger partial charge on any atom is -0.296 e. The van der Waals surface area contributed by atoms with E-state index in [0.717, 1.165) is 23.8 Å². The van der Waals surface area contributed by atoms with E-state index in [9.17, 15) is 0 Å². The van der Waals surface area contributed by atoms with Crippen LogP contribution in [0.1, 0.15) is 11.3 Å². The molecule has 0 saturated carbocycles. The van der Waals surface area contributed by atoms with E-state index in [4.69, 9.17) is 11.6 Å². The highest BCUT2D eigenvalue weighted by atomic mass is 35.5. The van der Waals surface area contributed by atoms with Crippen LogP contribution >= 0.6 is 22.9 Å². The summed E-state index contributed by atoms with van der Waals surface area (Å²) in [6.45, 7) is 1.76. The van der Waals surface area contributed by atoms with Gasteiger partial charge in [0.2, 0.25) is 0 Å². The van der Waals surface area contributed by atoms with E-state index in [1.807, 2.05) is 6.07 Å². The molecule has 84 valence electrons. The molecule has 4 heteroatoms. The van der Waals surface area contributed by atoms with Crippen molar-refractivity contribution in [1.82, 2.24) is 9.88 Å². The highest BCUT2D eigenvalue weighted by Crippen LogP contribution is 2.12. The normalized spacial score (nSPS) is 10.9. The van der Waals surface area contributed by atoms with Crippen LogP contribution in [0.3, 0.4) is 0 Å². The van der Waals surface area contributed by atoms with Crippen molar-refractivity contribution in [2.45, 2.75) is 13.1 Å². The Balaban J connectivity index is 1.94. The third-order valence-corrected chi connectivity index (χ3v) is 3.21. The molecule has 0 aliphatic carbocycles. The van der Waals surface area contributed by atoms with Crippen LogP contribution in [0.15, 0.2) is 35.2 Å². The molecular formula is C12H13ClN2S. The first-order chi connectivity index (χ1) is 7.74. The minimum absolute atomic E-state index is 0.744. The monoisotopic (exact) mass is 252 g/mol. The van der Waals surface area contributed by atoms with Crippen molar-refractivity contribution < 1.29 is 0 Å². The topological polar surface area (TPSA) is 16.1 Å². The molecule has 2 heterocycles. The Kier molecular flexibility index (Phi) is 3.93.